The minimum absolute atomic E-state index is 0.136. The van der Waals surface area contributed by atoms with E-state index in [9.17, 15) is 10.1 Å². The summed E-state index contributed by atoms with van der Waals surface area (Å²) in [5, 5.41) is 18.3. The second-order valence-electron chi connectivity index (χ2n) is 8.11. The minimum Gasteiger partial charge on any atom is -0.356 e. The molecule has 0 saturated carbocycles. The number of thiophene rings is 1. The van der Waals surface area contributed by atoms with Crippen LogP contribution in [0.3, 0.4) is 0 Å². The number of hydrogen-bond acceptors (Lipinski definition) is 8. The van der Waals surface area contributed by atoms with Crippen LogP contribution in [0, 0.1) is 11.3 Å². The van der Waals surface area contributed by atoms with E-state index in [0.717, 1.165) is 44.4 Å². The molecule has 182 valence electrons. The summed E-state index contributed by atoms with van der Waals surface area (Å²) in [7, 11) is 0. The zero-order valence-corrected chi connectivity index (χ0v) is 21.7. The number of rotatable bonds is 6. The lowest BCUT2D eigenvalue weighted by atomic mass is 10.1. The van der Waals surface area contributed by atoms with Crippen molar-refractivity contribution in [2.75, 3.05) is 11.9 Å². The van der Waals surface area contributed by atoms with E-state index < -0.39 is 0 Å². The Balaban J connectivity index is 1.61. The summed E-state index contributed by atoms with van der Waals surface area (Å²) in [6.07, 6.45) is 6.18. The Morgan fingerprint density at radius 1 is 1.25 bits per heavy atom. The average Bonchev–Trinajstić information content (AvgIpc) is 3.51. The van der Waals surface area contributed by atoms with Crippen LogP contribution in [-0.2, 0) is 9.53 Å². The fraction of sp³-hybridized carbons (Fsp3) is 0.240. The number of nitriles is 1. The lowest BCUT2D eigenvalue weighted by Crippen LogP contribution is -2.18. The molecular weight excluding hydrogens is 516 g/mol. The van der Waals surface area contributed by atoms with Crippen molar-refractivity contribution in [3.05, 3.63) is 59.5 Å². The number of pyridine rings is 1. The summed E-state index contributed by atoms with van der Waals surface area (Å²) in [6.45, 7) is 2.13. The highest BCUT2D eigenvalue weighted by molar-refractivity contribution is 7.99. The maximum atomic E-state index is 11.5. The first-order valence-corrected chi connectivity index (χ1v) is 13.3. The average molecular weight is 537 g/mol. The van der Waals surface area contributed by atoms with Gasteiger partial charge in [-0.2, -0.15) is 5.26 Å². The number of nitrogens with zero attached hydrogens (tertiary/aromatic N) is 5. The molecule has 3 aromatic heterocycles. The first-order chi connectivity index (χ1) is 17.5. The van der Waals surface area contributed by atoms with E-state index in [2.05, 4.69) is 21.4 Å². The molecule has 0 radical (unpaired) electrons. The Kier molecular flexibility index (Phi) is 7.34. The van der Waals surface area contributed by atoms with Gasteiger partial charge < -0.3 is 10.1 Å². The number of aromatic nitrogens is 4. The van der Waals surface area contributed by atoms with Gasteiger partial charge in [-0.1, -0.05) is 23.4 Å². The second kappa shape index (κ2) is 10.8. The summed E-state index contributed by atoms with van der Waals surface area (Å²) in [5.41, 5.74) is 1.29. The summed E-state index contributed by atoms with van der Waals surface area (Å²) in [4.78, 5) is 23.6. The summed E-state index contributed by atoms with van der Waals surface area (Å²) in [6, 6.07) is 13.4. The number of benzene rings is 1. The smallest absolute Gasteiger partial charge is 0.222 e. The van der Waals surface area contributed by atoms with Crippen LogP contribution < -0.4 is 5.32 Å². The quantitative estimate of drug-likeness (QED) is 0.304. The van der Waals surface area contributed by atoms with Crippen molar-refractivity contribution in [1.29, 1.82) is 5.26 Å². The van der Waals surface area contributed by atoms with Crippen molar-refractivity contribution < 1.29 is 9.53 Å². The molecule has 0 bridgehead atoms. The predicted octanol–water partition coefficient (Wildman–Crippen LogP) is 6.40. The van der Waals surface area contributed by atoms with Gasteiger partial charge >= 0.3 is 0 Å². The van der Waals surface area contributed by atoms with E-state index in [4.69, 9.17) is 21.4 Å². The van der Waals surface area contributed by atoms with Gasteiger partial charge in [-0.3, -0.25) is 4.79 Å². The van der Waals surface area contributed by atoms with E-state index in [1.807, 2.05) is 30.3 Å². The molecule has 1 saturated heterocycles. The molecule has 0 aliphatic carbocycles. The van der Waals surface area contributed by atoms with Crippen molar-refractivity contribution in [2.24, 2.45) is 0 Å². The Morgan fingerprint density at radius 3 is 2.81 bits per heavy atom. The highest BCUT2D eigenvalue weighted by atomic mass is 35.5. The predicted molar refractivity (Wildman–Crippen MR) is 140 cm³/mol. The second-order valence-corrected chi connectivity index (χ2v) is 10.7. The molecular formula is C25H21ClN6O2S2. The molecule has 0 spiro atoms. The molecule has 1 aromatic carbocycles. The molecule has 1 aliphatic rings. The largest absolute Gasteiger partial charge is 0.356 e. The number of carbonyl (C=O) groups excluding carboxylic acids is 1. The van der Waals surface area contributed by atoms with Crippen LogP contribution in [0.1, 0.15) is 38.0 Å². The van der Waals surface area contributed by atoms with E-state index in [1.165, 1.54) is 30.0 Å². The van der Waals surface area contributed by atoms with E-state index in [0.29, 0.717) is 28.8 Å². The Hall–Kier alpha value is -3.23. The normalized spacial score (nSPS) is 15.4. The van der Waals surface area contributed by atoms with Gasteiger partial charge in [-0.05, 0) is 61.2 Å². The fourth-order valence-electron chi connectivity index (χ4n) is 3.86. The minimum atomic E-state index is -0.217. The van der Waals surface area contributed by atoms with Gasteiger partial charge in [0.1, 0.15) is 18.2 Å². The maximum absolute atomic E-state index is 11.5. The first kappa shape index (κ1) is 24.5. The number of nitrogens with one attached hydrogen (secondary N) is 1. The van der Waals surface area contributed by atoms with Gasteiger partial charge in [-0.15, -0.1) is 16.4 Å². The summed E-state index contributed by atoms with van der Waals surface area (Å²) in [5.74, 6) is 0.734. The Morgan fingerprint density at radius 2 is 2.08 bits per heavy atom. The third kappa shape index (κ3) is 5.29. The van der Waals surface area contributed by atoms with Crippen LogP contribution in [0.2, 0.25) is 5.02 Å². The van der Waals surface area contributed by atoms with Gasteiger partial charge in [0, 0.05) is 29.6 Å². The molecule has 8 nitrogen and oxygen atoms in total. The third-order valence-corrected chi connectivity index (χ3v) is 8.23. The number of halogens is 1. The van der Waals surface area contributed by atoms with Crippen LogP contribution >= 0.6 is 34.7 Å². The highest BCUT2D eigenvalue weighted by Gasteiger charge is 2.25. The molecule has 1 N–H and O–H groups in total. The van der Waals surface area contributed by atoms with Crippen molar-refractivity contribution in [1.82, 2.24) is 19.7 Å². The molecule has 5 rings (SSSR count). The van der Waals surface area contributed by atoms with Gasteiger partial charge in [0.2, 0.25) is 5.91 Å². The molecule has 11 heteroatoms. The van der Waals surface area contributed by atoms with Crippen LogP contribution in [0.4, 0.5) is 5.82 Å². The Bertz CT molecular complexity index is 1440. The SMILES string of the molecule is CC(=O)Nc1cc(-c2sc(-c3ncn(C4CCCCO4)n3)c(Sc3ccc(Cl)cc3)c2C#N)ccn1. The van der Waals surface area contributed by atoms with Crippen molar-refractivity contribution >= 4 is 46.4 Å². The molecule has 4 aromatic rings. The van der Waals surface area contributed by atoms with E-state index in [1.54, 1.807) is 23.3 Å². The summed E-state index contributed by atoms with van der Waals surface area (Å²) < 4.78 is 7.63. The third-order valence-electron chi connectivity index (χ3n) is 5.50. The molecule has 1 fully saturated rings. The van der Waals surface area contributed by atoms with Crippen LogP contribution in [-0.4, -0.2) is 32.3 Å². The zero-order chi connectivity index (χ0) is 25.1. The zero-order valence-electron chi connectivity index (χ0n) is 19.3. The molecule has 4 heterocycles. The van der Waals surface area contributed by atoms with Crippen LogP contribution in [0.5, 0.6) is 0 Å². The number of anilines is 1. The summed E-state index contributed by atoms with van der Waals surface area (Å²) >= 11 is 8.99. The molecule has 36 heavy (non-hydrogen) atoms. The standard InChI is InChI=1S/C25H21ClN6O2S2/c1-15(33)30-20-12-16(9-10-28-20)22-19(13-27)23(35-18-7-5-17(26)6-8-18)24(36-22)25-29-14-32(31-25)21-4-2-3-11-34-21/h5-10,12,14,21H,2-4,11H2,1H3,(H,28,30,33). The van der Waals surface area contributed by atoms with Crippen LogP contribution in [0.25, 0.3) is 21.1 Å². The Labute approximate surface area is 221 Å². The van der Waals surface area contributed by atoms with Crippen LogP contribution in [0.15, 0.2) is 58.7 Å². The first-order valence-electron chi connectivity index (χ1n) is 11.3. The van der Waals surface area contributed by atoms with Gasteiger partial charge in [0.25, 0.3) is 0 Å². The van der Waals surface area contributed by atoms with Gasteiger partial charge in [0.15, 0.2) is 12.1 Å². The van der Waals surface area contributed by atoms with Gasteiger partial charge in [-0.25, -0.2) is 14.6 Å². The number of hydrogen-bond donors (Lipinski definition) is 1. The van der Waals surface area contributed by atoms with Crippen molar-refractivity contribution in [2.45, 2.75) is 42.2 Å². The lowest BCUT2D eigenvalue weighted by Gasteiger charge is -2.21. The number of ether oxygens (including phenoxy) is 1. The molecule has 1 atom stereocenters. The monoisotopic (exact) mass is 536 g/mol. The van der Waals surface area contributed by atoms with E-state index >= 15 is 0 Å². The molecule has 1 unspecified atom stereocenters. The maximum Gasteiger partial charge on any atom is 0.222 e. The fourth-order valence-corrected chi connectivity index (χ4v) is 6.32. The van der Waals surface area contributed by atoms with Crippen molar-refractivity contribution in [3.63, 3.8) is 0 Å². The van der Waals surface area contributed by atoms with Crippen molar-refractivity contribution in [3.8, 4) is 27.2 Å². The number of amides is 1. The molecule has 1 aliphatic heterocycles. The van der Waals surface area contributed by atoms with Gasteiger partial charge in [0.05, 0.1) is 20.2 Å². The highest BCUT2D eigenvalue weighted by Crippen LogP contribution is 2.48. The topological polar surface area (TPSA) is 106 Å². The molecule has 1 amide bonds. The van der Waals surface area contributed by atoms with E-state index in [-0.39, 0.29) is 12.1 Å². The number of carbonyl (C=O) groups is 1. The lowest BCUT2D eigenvalue weighted by molar-refractivity contribution is -0.114.